The Kier molecular flexibility index (Phi) is 38.4. The van der Waals surface area contributed by atoms with Crippen LogP contribution in [0.5, 0.6) is 5.75 Å². The fourth-order valence-electron chi connectivity index (χ4n) is 9.43. The molecule has 13 atom stereocenters. The molecule has 0 aliphatic carbocycles. The van der Waals surface area contributed by atoms with E-state index in [1.807, 2.05) is 16.0 Å². The molecule has 3 rings (SSSR count). The van der Waals surface area contributed by atoms with Crippen LogP contribution in [0.25, 0.3) is 0 Å². The van der Waals surface area contributed by atoms with Gasteiger partial charge >= 0.3 is 30.3 Å². The van der Waals surface area contributed by atoms with Crippen molar-refractivity contribution in [3.05, 3.63) is 101 Å². The van der Waals surface area contributed by atoms with Gasteiger partial charge in [-0.15, -0.1) is 0 Å². The molecule has 0 aliphatic heterocycles. The van der Waals surface area contributed by atoms with Gasteiger partial charge in [-0.05, 0) is 75.8 Å². The van der Waals surface area contributed by atoms with Crippen LogP contribution in [-0.4, -0.2) is 207 Å². The first-order valence-electron chi connectivity index (χ1n) is 33.5. The third kappa shape index (κ3) is 31.3. The highest BCUT2D eigenvalue weighted by Gasteiger charge is 2.43. The van der Waals surface area contributed by atoms with Crippen LogP contribution in [0.3, 0.4) is 0 Å². The number of carboxylic acids is 1. The number of aliphatic imine (C=N–C) groups is 1. The van der Waals surface area contributed by atoms with E-state index in [4.69, 9.17) is 36.6 Å². The Bertz CT molecular complexity index is 3680. The Labute approximate surface area is 624 Å². The second kappa shape index (κ2) is 44.4. The number of alkyl carbamates (subject to hydrolysis) is 2. The van der Waals surface area contributed by atoms with Crippen LogP contribution in [0.2, 0.25) is 0 Å². The number of primary amides is 1. The summed E-state index contributed by atoms with van der Waals surface area (Å²) in [4.78, 5) is 177. The van der Waals surface area contributed by atoms with Crippen LogP contribution in [0.4, 0.5) is 44.7 Å². The average molecular weight is 1580 g/mol. The van der Waals surface area contributed by atoms with E-state index in [9.17, 15) is 113 Å². The first-order valence-corrected chi connectivity index (χ1v) is 33.5. The summed E-state index contributed by atoms with van der Waals surface area (Å²) in [6.07, 6.45) is -13.6. The van der Waals surface area contributed by atoms with Crippen LogP contribution in [0.15, 0.2) is 65.7 Å². The van der Waals surface area contributed by atoms with Gasteiger partial charge in [-0.1, -0.05) is 109 Å². The molecule has 0 radical (unpaired) electrons. The van der Waals surface area contributed by atoms with E-state index in [1.165, 1.54) is 49.4 Å². The molecule has 3 aromatic rings. The molecule has 0 aliphatic rings. The first kappa shape index (κ1) is 95.0. The number of aliphatic carboxylic acids is 1. The molecule has 43 heteroatoms. The molecular weight excluding hydrogens is 1490 g/mol. The van der Waals surface area contributed by atoms with E-state index in [0.29, 0.717) is 5.56 Å². The van der Waals surface area contributed by atoms with Gasteiger partial charge in [0.1, 0.15) is 54.5 Å². The summed E-state index contributed by atoms with van der Waals surface area (Å²) < 4.78 is 119. The lowest BCUT2D eigenvalue weighted by atomic mass is 9.96. The topological polar surface area (TPSA) is 561 Å². The van der Waals surface area contributed by atoms with E-state index < -0.39 is 228 Å². The number of nitrogens with zero attached hydrogens (tertiary/aromatic N) is 1. The Morgan fingerprint density at radius 1 is 0.564 bits per heavy atom. The predicted molar refractivity (Wildman–Crippen MR) is 368 cm³/mol. The number of aliphatic hydroxyl groups excluding tert-OH is 4. The molecule has 11 amide bonds. The van der Waals surface area contributed by atoms with E-state index in [1.54, 1.807) is 73.6 Å². The molecule has 0 fully saturated rings. The number of hydrogen-bond acceptors (Lipinski definition) is 21. The molecule has 1 unspecified atom stereocenters. The van der Waals surface area contributed by atoms with Crippen molar-refractivity contribution >= 4 is 83.2 Å². The van der Waals surface area contributed by atoms with Gasteiger partial charge < -0.3 is 110 Å². The van der Waals surface area contributed by atoms with Crippen LogP contribution in [0.1, 0.15) is 112 Å². The van der Waals surface area contributed by atoms with Gasteiger partial charge in [0.15, 0.2) is 18.1 Å². The van der Waals surface area contributed by atoms with Crippen molar-refractivity contribution in [1.82, 2.24) is 53.2 Å². The number of nitrogens with one attached hydrogen (secondary N) is 10. The lowest BCUT2D eigenvalue weighted by Crippen LogP contribution is -2.63. The van der Waals surface area contributed by atoms with E-state index in [-0.39, 0.29) is 49.7 Å². The van der Waals surface area contributed by atoms with Gasteiger partial charge in [-0.25, -0.2) is 32.3 Å². The second-order valence-electron chi connectivity index (χ2n) is 26.2. The Morgan fingerprint density at radius 2 is 1.05 bits per heavy atom. The molecule has 3 aromatic carbocycles. The Balaban J connectivity index is 0.00000557. The number of nitrogens with two attached hydrogens (primary N) is 3. The average Bonchev–Trinajstić information content (AvgIpc) is 0.787. The number of carboxylic acid groups (broad SMARTS) is 1. The normalized spacial score (nSPS) is 14.9. The summed E-state index contributed by atoms with van der Waals surface area (Å²) in [7, 11) is 0. The summed E-state index contributed by atoms with van der Waals surface area (Å²) >= 11 is 0. The highest BCUT2D eigenvalue weighted by atomic mass is 19.4. The van der Waals surface area contributed by atoms with Crippen molar-refractivity contribution < 1.29 is 137 Å². The number of benzene rings is 3. The summed E-state index contributed by atoms with van der Waals surface area (Å²) in [5, 5.41) is 72.7. The molecule has 35 nitrogen and oxygen atoms in total. The fourth-order valence-corrected chi connectivity index (χ4v) is 9.43. The lowest BCUT2D eigenvalue weighted by molar-refractivity contribution is -0.192. The number of ether oxygens (including phenoxy) is 3. The number of hydrogen-bond donors (Lipinski definition) is 18. The number of carbonyl (C=O) groups is 13. The van der Waals surface area contributed by atoms with Crippen LogP contribution in [-0.2, 0) is 68.8 Å². The third-order valence-electron chi connectivity index (χ3n) is 15.3. The Morgan fingerprint density at radius 3 is 1.54 bits per heavy atom. The van der Waals surface area contributed by atoms with Crippen LogP contribution >= 0.6 is 0 Å². The number of rotatable bonds is 38. The molecule has 110 heavy (non-hydrogen) atoms. The number of amides is 11. The minimum atomic E-state index is -5.08. The smallest absolute Gasteiger partial charge is 0.475 e. The predicted octanol–water partition coefficient (Wildman–Crippen LogP) is -0.626. The van der Waals surface area contributed by atoms with E-state index >= 15 is 0 Å². The SMILES string of the molecule is CC[C@H](C)[C@H](NC(=O)[C@@H](CCCN=C(N)N)NC(=O)[C@H](CC(C)C)NC(=O)[C@@H](NC(=O)OC(C)(C)C)[C@H](O)C(C)C)C(=O)NC(C(=O)NCC(=O)N[C@H](C(=O)N[C@@H](CO)C(=O)N[C@H](c1ccccc1)[C@H](NC(=O)OCc1ccccc1)C(=O)Oc1c(F)c(F)c(F)c(F)c1F)[C@H](O)C(N)=O)[C@H](C)O.O=C(O)C(F)(F)F. The van der Waals surface area contributed by atoms with Crippen molar-refractivity contribution in [3.8, 4) is 5.75 Å². The lowest BCUT2D eigenvalue weighted by Gasteiger charge is -2.31. The van der Waals surface area contributed by atoms with Crippen LogP contribution < -0.4 is 75.1 Å². The van der Waals surface area contributed by atoms with Crippen molar-refractivity contribution in [2.75, 3.05) is 19.7 Å². The first-order chi connectivity index (χ1) is 51.1. The number of guanidine groups is 1. The minimum absolute atomic E-state index is 0.0379. The van der Waals surface area contributed by atoms with Crippen molar-refractivity contribution in [1.29, 1.82) is 0 Å². The zero-order chi connectivity index (χ0) is 84.0. The van der Waals surface area contributed by atoms with Crippen LogP contribution in [0, 0.1) is 46.8 Å². The summed E-state index contributed by atoms with van der Waals surface area (Å²) in [6, 6.07) is -3.34. The van der Waals surface area contributed by atoms with Crippen molar-refractivity contribution in [3.63, 3.8) is 0 Å². The molecule has 0 saturated heterocycles. The van der Waals surface area contributed by atoms with E-state index in [2.05, 4.69) is 46.9 Å². The quantitative estimate of drug-likeness (QED) is 0.00496. The van der Waals surface area contributed by atoms with Gasteiger partial charge in [0, 0.05) is 6.54 Å². The summed E-state index contributed by atoms with van der Waals surface area (Å²) in [5.41, 5.74) is 15.4. The molecule has 0 saturated carbocycles. The highest BCUT2D eigenvalue weighted by Crippen LogP contribution is 2.31. The molecule has 0 spiro atoms. The number of halogens is 8. The van der Waals surface area contributed by atoms with Gasteiger partial charge in [0.25, 0.3) is 0 Å². The molecule has 0 heterocycles. The standard InChI is InChI=1S/C65H91F5N14O19.C2HF3O2/c1-11-31(6)44(80-54(91)35(23-18-24-74-62(72)73)76-55(92)36(25-29(2)3)77-59(96)48(50(88)30(4)5)84-64(100)103-65(8,9)10)58(95)81-45(32(7)86)57(94)75-26-38(87)79-49(51(89)53(71)90)60(97)78-37(27-85)56(93)82-46(34-21-16-13-17-22-34)47(83-63(99)101-28-33-19-14-12-15-20-33)61(98)102-52-42(69)40(67)39(66)41(68)43(52)70;3-2(4,5)1(6)7/h12-17,19-22,29-32,35-37,44-51,85-86,88-89H,11,18,23-28H2,1-10H3,(H2,71,90)(H,75,94)(H,76,92)(H,77,96)(H,78,97)(H,79,87)(H,80,91)(H,81,95)(H,82,93)(H,83,99)(H,84,100)(H4,72,73,74);(H,6,7)/t31-,32-,35+,36-,37-,44-,45?,46+,47-,48-,49-,50+,51-;/m0./s1. The molecule has 0 aromatic heterocycles. The van der Waals surface area contributed by atoms with Crippen molar-refractivity contribution in [2.45, 2.75) is 186 Å². The minimum Gasteiger partial charge on any atom is -0.475 e. The van der Waals surface area contributed by atoms with Gasteiger partial charge in [-0.2, -0.15) is 22.0 Å². The van der Waals surface area contributed by atoms with Crippen molar-refractivity contribution in [2.24, 2.45) is 39.9 Å². The number of carbonyl (C=O) groups excluding carboxylic acids is 12. The molecular formula is C67H92F8N14O21. The Hall–Kier alpha value is -11.1. The van der Waals surface area contributed by atoms with Gasteiger partial charge in [0.05, 0.1) is 31.4 Å². The zero-order valence-corrected chi connectivity index (χ0v) is 61.1. The highest BCUT2D eigenvalue weighted by molar-refractivity contribution is 5.99. The zero-order valence-electron chi connectivity index (χ0n) is 61.1. The molecule has 0 bridgehead atoms. The molecule has 612 valence electrons. The maximum absolute atomic E-state index is 14.9. The second-order valence-corrected chi connectivity index (χ2v) is 26.2. The number of esters is 1. The fraction of sp³-hybridized carbons (Fsp3) is 0.522. The molecule has 21 N–H and O–H groups in total. The van der Waals surface area contributed by atoms with Gasteiger partial charge in [0.2, 0.25) is 88.0 Å². The monoisotopic (exact) mass is 1580 g/mol. The summed E-state index contributed by atoms with van der Waals surface area (Å²) in [5.74, 6) is -33.6. The van der Waals surface area contributed by atoms with Gasteiger partial charge in [-0.3, -0.25) is 48.1 Å². The maximum Gasteiger partial charge on any atom is 0.490 e. The largest absolute Gasteiger partial charge is 0.490 e. The summed E-state index contributed by atoms with van der Waals surface area (Å²) in [6.45, 7) is 12.3. The number of alkyl halides is 3. The van der Waals surface area contributed by atoms with E-state index in [0.717, 1.165) is 6.92 Å². The maximum atomic E-state index is 14.9. The number of aliphatic hydroxyl groups is 4. The third-order valence-corrected chi connectivity index (χ3v) is 15.3.